The van der Waals surface area contributed by atoms with Gasteiger partial charge in [0.25, 0.3) is 0 Å². The highest BCUT2D eigenvalue weighted by atomic mass is 15.2. The molecule has 1 aliphatic heterocycles. The summed E-state index contributed by atoms with van der Waals surface area (Å²) in [5.41, 5.74) is 3.03. The van der Waals surface area contributed by atoms with Gasteiger partial charge in [0.05, 0.1) is 0 Å². The van der Waals surface area contributed by atoms with Gasteiger partial charge in [-0.15, -0.1) is 0 Å². The van der Waals surface area contributed by atoms with Crippen LogP contribution in [0.4, 0.5) is 11.4 Å². The van der Waals surface area contributed by atoms with Crippen molar-refractivity contribution in [2.75, 3.05) is 43.5 Å². The van der Waals surface area contributed by atoms with Crippen LogP contribution >= 0.6 is 0 Å². The molecule has 2 aliphatic rings. The maximum absolute atomic E-state index is 3.88. The van der Waals surface area contributed by atoms with Crippen LogP contribution in [0.5, 0.6) is 0 Å². The van der Waals surface area contributed by atoms with Gasteiger partial charge >= 0.3 is 0 Å². The summed E-state index contributed by atoms with van der Waals surface area (Å²) in [4.78, 5) is 4.77. The van der Waals surface area contributed by atoms with Gasteiger partial charge in [0.1, 0.15) is 0 Å². The fraction of sp³-hybridized carbons (Fsp3) is 0.667. The molecule has 2 fully saturated rings. The smallest absolute Gasteiger partial charge is 0.0368 e. The summed E-state index contributed by atoms with van der Waals surface area (Å²) in [5, 5.41) is 3.88. The molecule has 0 aromatic heterocycles. The van der Waals surface area contributed by atoms with E-state index < -0.39 is 0 Å². The monoisotopic (exact) mass is 287 g/mol. The van der Waals surface area contributed by atoms with Gasteiger partial charge in [-0.25, -0.2) is 0 Å². The number of hydrogen-bond acceptors (Lipinski definition) is 3. The second-order valence-corrected chi connectivity index (χ2v) is 6.95. The number of hydrogen-bond donors (Lipinski definition) is 1. The Morgan fingerprint density at radius 2 is 1.71 bits per heavy atom. The van der Waals surface area contributed by atoms with E-state index in [9.17, 15) is 0 Å². The highest BCUT2D eigenvalue weighted by Crippen LogP contribution is 2.32. The van der Waals surface area contributed by atoms with Crippen LogP contribution in [-0.4, -0.2) is 39.3 Å². The summed E-state index contributed by atoms with van der Waals surface area (Å²) in [5.74, 6) is 0. The number of nitrogens with one attached hydrogen (secondary N) is 1. The molecule has 0 amide bonds. The Morgan fingerprint density at radius 3 is 2.38 bits per heavy atom. The molecule has 0 atom stereocenters. The van der Waals surface area contributed by atoms with Gasteiger partial charge in [-0.2, -0.15) is 0 Å². The summed E-state index contributed by atoms with van der Waals surface area (Å²) in [6.07, 6.45) is 8.14. The number of nitrogens with zero attached hydrogens (tertiary/aromatic N) is 2. The Morgan fingerprint density at radius 1 is 1.00 bits per heavy atom. The molecule has 0 unspecified atom stereocenters. The lowest BCUT2D eigenvalue weighted by atomic mass is 9.81. The van der Waals surface area contributed by atoms with Crippen molar-refractivity contribution in [3.05, 3.63) is 24.3 Å². The average Bonchev–Trinajstić information content (AvgIpc) is 2.71. The van der Waals surface area contributed by atoms with Crippen LogP contribution in [0.1, 0.15) is 38.5 Å². The lowest BCUT2D eigenvalue weighted by molar-refractivity contribution is 0.246. The minimum atomic E-state index is 0.370. The lowest BCUT2D eigenvalue weighted by Gasteiger charge is -2.40. The van der Waals surface area contributed by atoms with E-state index in [1.165, 1.54) is 69.5 Å². The minimum Gasteiger partial charge on any atom is -0.378 e. The Hall–Kier alpha value is -1.22. The molecule has 21 heavy (non-hydrogen) atoms. The first-order valence-electron chi connectivity index (χ1n) is 8.46. The van der Waals surface area contributed by atoms with Crippen molar-refractivity contribution in [3.8, 4) is 0 Å². The van der Waals surface area contributed by atoms with Gasteiger partial charge in [0.2, 0.25) is 0 Å². The molecule has 0 radical (unpaired) electrons. The summed E-state index contributed by atoms with van der Waals surface area (Å²) in [6.45, 7) is 3.52. The van der Waals surface area contributed by atoms with Crippen LogP contribution in [0.3, 0.4) is 0 Å². The maximum atomic E-state index is 3.88. The molecule has 1 saturated carbocycles. The molecule has 1 N–H and O–H groups in total. The Kier molecular flexibility index (Phi) is 4.39. The van der Waals surface area contributed by atoms with Crippen molar-refractivity contribution < 1.29 is 0 Å². The molecular formula is C18H29N3. The molecule has 1 aromatic rings. The van der Waals surface area contributed by atoms with E-state index in [-0.39, 0.29) is 0 Å². The normalized spacial score (nSPS) is 22.1. The maximum Gasteiger partial charge on any atom is 0.0368 e. The first kappa shape index (κ1) is 14.7. The van der Waals surface area contributed by atoms with Crippen LogP contribution in [0.15, 0.2) is 24.3 Å². The van der Waals surface area contributed by atoms with Gasteiger partial charge in [-0.05, 0) is 50.1 Å². The van der Waals surface area contributed by atoms with Crippen molar-refractivity contribution >= 4 is 11.4 Å². The van der Waals surface area contributed by atoms with E-state index in [1.54, 1.807) is 0 Å². The Labute approximate surface area is 129 Å². The highest BCUT2D eigenvalue weighted by Gasteiger charge is 2.34. The number of benzene rings is 1. The number of rotatable bonds is 2. The third-order valence-electron chi connectivity index (χ3n) is 5.14. The van der Waals surface area contributed by atoms with Crippen LogP contribution in [0.2, 0.25) is 0 Å². The van der Waals surface area contributed by atoms with Gasteiger partial charge in [-0.3, -0.25) is 0 Å². The molecule has 1 heterocycles. The Balaban J connectivity index is 1.76. The summed E-state index contributed by atoms with van der Waals surface area (Å²) in [6, 6.07) is 9.05. The first-order chi connectivity index (χ1) is 10.2. The molecule has 3 nitrogen and oxygen atoms in total. The topological polar surface area (TPSA) is 18.5 Å². The van der Waals surface area contributed by atoms with E-state index in [4.69, 9.17) is 0 Å². The van der Waals surface area contributed by atoms with Crippen molar-refractivity contribution in [2.24, 2.45) is 0 Å². The van der Waals surface area contributed by atoms with Crippen LogP contribution < -0.4 is 15.1 Å². The predicted molar refractivity (Wildman–Crippen MR) is 91.4 cm³/mol. The lowest BCUT2D eigenvalue weighted by Crippen LogP contribution is -2.52. The Bertz CT molecular complexity index is 446. The summed E-state index contributed by atoms with van der Waals surface area (Å²) >= 11 is 0. The van der Waals surface area contributed by atoms with E-state index in [0.717, 1.165) is 0 Å². The second-order valence-electron chi connectivity index (χ2n) is 6.95. The van der Waals surface area contributed by atoms with Gasteiger partial charge in [0.15, 0.2) is 0 Å². The van der Waals surface area contributed by atoms with Gasteiger partial charge < -0.3 is 15.1 Å². The zero-order chi connectivity index (χ0) is 14.7. The van der Waals surface area contributed by atoms with E-state index in [1.807, 2.05) is 0 Å². The van der Waals surface area contributed by atoms with Crippen molar-refractivity contribution in [1.82, 2.24) is 5.32 Å². The third-order valence-corrected chi connectivity index (χ3v) is 5.14. The molecule has 1 saturated heterocycles. The zero-order valence-electron chi connectivity index (χ0n) is 13.6. The number of anilines is 2. The van der Waals surface area contributed by atoms with Gasteiger partial charge in [0, 0.05) is 44.1 Å². The molecule has 0 bridgehead atoms. The van der Waals surface area contributed by atoms with E-state index in [2.05, 4.69) is 53.5 Å². The fourth-order valence-corrected chi connectivity index (χ4v) is 3.87. The molecular weight excluding hydrogens is 258 g/mol. The minimum absolute atomic E-state index is 0.370. The van der Waals surface area contributed by atoms with Crippen LogP contribution in [-0.2, 0) is 0 Å². The van der Waals surface area contributed by atoms with Crippen molar-refractivity contribution in [3.63, 3.8) is 0 Å². The molecule has 1 aromatic carbocycles. The van der Waals surface area contributed by atoms with Crippen LogP contribution in [0, 0.1) is 0 Å². The molecule has 1 aliphatic carbocycles. The quantitative estimate of drug-likeness (QED) is 0.901. The highest BCUT2D eigenvalue weighted by molar-refractivity contribution is 5.56. The van der Waals surface area contributed by atoms with E-state index >= 15 is 0 Å². The summed E-state index contributed by atoms with van der Waals surface area (Å²) < 4.78 is 0. The van der Waals surface area contributed by atoms with Gasteiger partial charge in [-0.1, -0.05) is 19.3 Å². The average molecular weight is 287 g/mol. The molecule has 1 spiro atoms. The third kappa shape index (κ3) is 3.34. The molecule has 3 heteroatoms. The van der Waals surface area contributed by atoms with Crippen molar-refractivity contribution in [1.29, 1.82) is 0 Å². The van der Waals surface area contributed by atoms with Crippen molar-refractivity contribution in [2.45, 2.75) is 44.1 Å². The fourth-order valence-electron chi connectivity index (χ4n) is 3.87. The first-order valence-corrected chi connectivity index (χ1v) is 8.46. The largest absolute Gasteiger partial charge is 0.378 e. The standard InChI is InChI=1S/C18H29N3/c1-20(2)16-7-9-17(10-8-16)21-14-6-13-19-18(15-21)11-4-3-5-12-18/h7-10,19H,3-6,11-15H2,1-2H3. The zero-order valence-corrected chi connectivity index (χ0v) is 13.6. The summed E-state index contributed by atoms with van der Waals surface area (Å²) in [7, 11) is 4.20. The van der Waals surface area contributed by atoms with Crippen LogP contribution in [0.25, 0.3) is 0 Å². The SMILES string of the molecule is CN(C)c1ccc(N2CCCNC3(CCCCC3)C2)cc1. The predicted octanol–water partition coefficient (Wildman–Crippen LogP) is 3.26. The molecule has 3 rings (SSSR count). The second kappa shape index (κ2) is 6.27. The van der Waals surface area contributed by atoms with E-state index in [0.29, 0.717) is 5.54 Å². The molecule has 116 valence electrons.